The van der Waals surface area contributed by atoms with E-state index in [4.69, 9.17) is 4.74 Å². The molecule has 4 heteroatoms. The van der Waals surface area contributed by atoms with E-state index in [2.05, 4.69) is 29.7 Å². The summed E-state index contributed by atoms with van der Waals surface area (Å²) in [7, 11) is 0. The van der Waals surface area contributed by atoms with Crippen LogP contribution >= 0.6 is 0 Å². The third kappa shape index (κ3) is 3.30. The minimum absolute atomic E-state index is 0.0270. The summed E-state index contributed by atoms with van der Waals surface area (Å²) in [5.41, 5.74) is 0. The number of carbonyl (C=O) groups excluding carboxylic acids is 1. The highest BCUT2D eigenvalue weighted by Gasteiger charge is 2.34. The lowest BCUT2D eigenvalue weighted by Gasteiger charge is -2.23. The average Bonchev–Trinajstić information content (AvgIpc) is 2.79. The highest BCUT2D eigenvalue weighted by molar-refractivity contribution is 5.80. The van der Waals surface area contributed by atoms with Crippen LogP contribution < -0.4 is 10.6 Å². The van der Waals surface area contributed by atoms with Gasteiger partial charge in [-0.2, -0.15) is 0 Å². The molecule has 1 aliphatic heterocycles. The number of ether oxygens (including phenoxy) is 1. The average molecular weight is 238 g/mol. The summed E-state index contributed by atoms with van der Waals surface area (Å²) in [6, 6.07) is 0.495. The van der Waals surface area contributed by atoms with Gasteiger partial charge in [-0.1, -0.05) is 19.1 Å². The summed E-state index contributed by atoms with van der Waals surface area (Å²) in [6.07, 6.45) is 7.43. The highest BCUT2D eigenvalue weighted by Crippen LogP contribution is 2.16. The first-order valence-corrected chi connectivity index (χ1v) is 6.57. The number of hydrogen-bond donors (Lipinski definition) is 2. The largest absolute Gasteiger partial charge is 0.379 e. The molecule has 0 saturated carbocycles. The Balaban J connectivity index is 1.83. The van der Waals surface area contributed by atoms with Gasteiger partial charge in [-0.25, -0.2) is 0 Å². The van der Waals surface area contributed by atoms with Crippen molar-refractivity contribution < 1.29 is 9.53 Å². The van der Waals surface area contributed by atoms with E-state index < -0.39 is 0 Å². The van der Waals surface area contributed by atoms with Crippen LogP contribution in [0.1, 0.15) is 26.2 Å². The molecule has 3 unspecified atom stereocenters. The van der Waals surface area contributed by atoms with Crippen molar-refractivity contribution in [3.63, 3.8) is 0 Å². The standard InChI is InChI=1S/C13H22N2O2/c1-2-14-12-9-17-8-11(12)13(16)15-10-6-4-3-5-7-10/h3-4,10-12,14H,2,5-9H2,1H3,(H,15,16). The molecule has 1 aliphatic carbocycles. The monoisotopic (exact) mass is 238 g/mol. The van der Waals surface area contributed by atoms with Gasteiger partial charge in [-0.15, -0.1) is 0 Å². The summed E-state index contributed by atoms with van der Waals surface area (Å²) in [4.78, 5) is 12.1. The molecule has 17 heavy (non-hydrogen) atoms. The first-order chi connectivity index (χ1) is 8.31. The van der Waals surface area contributed by atoms with Gasteiger partial charge in [-0.05, 0) is 25.8 Å². The first-order valence-electron chi connectivity index (χ1n) is 6.57. The van der Waals surface area contributed by atoms with Crippen LogP contribution in [0.3, 0.4) is 0 Å². The third-order valence-electron chi connectivity index (χ3n) is 3.50. The predicted molar refractivity (Wildman–Crippen MR) is 66.7 cm³/mol. The second kappa shape index (κ2) is 6.17. The number of likely N-dealkylation sites (N-methyl/N-ethyl adjacent to an activating group) is 1. The SMILES string of the molecule is CCNC1COCC1C(=O)NC1CC=CCC1. The zero-order valence-electron chi connectivity index (χ0n) is 10.4. The lowest BCUT2D eigenvalue weighted by atomic mass is 9.98. The molecule has 2 rings (SSSR count). The molecule has 1 fully saturated rings. The minimum Gasteiger partial charge on any atom is -0.379 e. The Morgan fingerprint density at radius 2 is 2.29 bits per heavy atom. The van der Waals surface area contributed by atoms with Gasteiger partial charge >= 0.3 is 0 Å². The van der Waals surface area contributed by atoms with Crippen LogP contribution in [-0.2, 0) is 9.53 Å². The quantitative estimate of drug-likeness (QED) is 0.713. The molecule has 1 amide bonds. The number of carbonyl (C=O) groups is 1. The molecule has 96 valence electrons. The zero-order valence-corrected chi connectivity index (χ0v) is 10.4. The van der Waals surface area contributed by atoms with E-state index in [1.165, 1.54) is 0 Å². The number of nitrogens with one attached hydrogen (secondary N) is 2. The fourth-order valence-corrected chi connectivity index (χ4v) is 2.51. The van der Waals surface area contributed by atoms with E-state index in [0.717, 1.165) is 25.8 Å². The number of hydrogen-bond acceptors (Lipinski definition) is 3. The Morgan fingerprint density at radius 1 is 1.41 bits per heavy atom. The predicted octanol–water partition coefficient (Wildman–Crippen LogP) is 0.836. The topological polar surface area (TPSA) is 50.4 Å². The molecule has 0 spiro atoms. The van der Waals surface area contributed by atoms with E-state index in [9.17, 15) is 4.79 Å². The molecule has 0 aromatic carbocycles. The molecular weight excluding hydrogens is 216 g/mol. The van der Waals surface area contributed by atoms with Crippen molar-refractivity contribution in [3.8, 4) is 0 Å². The number of amides is 1. The van der Waals surface area contributed by atoms with Crippen molar-refractivity contribution in [1.29, 1.82) is 0 Å². The van der Waals surface area contributed by atoms with E-state index in [-0.39, 0.29) is 17.9 Å². The molecule has 4 nitrogen and oxygen atoms in total. The maximum atomic E-state index is 12.1. The molecule has 2 N–H and O–H groups in total. The number of rotatable bonds is 4. The minimum atomic E-state index is -0.0270. The molecule has 1 saturated heterocycles. The normalized spacial score (nSPS) is 32.6. The Bertz CT molecular complexity index is 291. The summed E-state index contributed by atoms with van der Waals surface area (Å²) in [6.45, 7) is 4.13. The molecule has 3 atom stereocenters. The van der Waals surface area contributed by atoms with Crippen molar-refractivity contribution in [2.45, 2.75) is 38.3 Å². The van der Waals surface area contributed by atoms with Gasteiger partial charge in [0.1, 0.15) is 0 Å². The van der Waals surface area contributed by atoms with Crippen LogP contribution in [0.5, 0.6) is 0 Å². The van der Waals surface area contributed by atoms with Gasteiger partial charge in [-0.3, -0.25) is 4.79 Å². The molecule has 0 bridgehead atoms. The Kier molecular flexibility index (Phi) is 4.57. The molecule has 0 radical (unpaired) electrons. The van der Waals surface area contributed by atoms with E-state index >= 15 is 0 Å². The van der Waals surface area contributed by atoms with Gasteiger partial charge < -0.3 is 15.4 Å². The molecule has 0 aromatic heterocycles. The maximum absolute atomic E-state index is 12.1. The number of allylic oxidation sites excluding steroid dienone is 1. The summed E-state index contributed by atoms with van der Waals surface area (Å²) >= 11 is 0. The zero-order chi connectivity index (χ0) is 12.1. The second-order valence-corrected chi connectivity index (χ2v) is 4.80. The van der Waals surface area contributed by atoms with Crippen molar-refractivity contribution in [2.24, 2.45) is 5.92 Å². The lowest BCUT2D eigenvalue weighted by molar-refractivity contribution is -0.126. The Morgan fingerprint density at radius 3 is 3.00 bits per heavy atom. The summed E-state index contributed by atoms with van der Waals surface area (Å²) in [5.74, 6) is 0.120. The van der Waals surface area contributed by atoms with E-state index in [1.807, 2.05) is 0 Å². The van der Waals surface area contributed by atoms with Crippen LogP contribution in [-0.4, -0.2) is 37.7 Å². The van der Waals surface area contributed by atoms with Gasteiger partial charge in [0.05, 0.1) is 19.1 Å². The lowest BCUT2D eigenvalue weighted by Crippen LogP contribution is -2.47. The van der Waals surface area contributed by atoms with Crippen LogP contribution in [0.25, 0.3) is 0 Å². The summed E-state index contributed by atoms with van der Waals surface area (Å²) < 4.78 is 5.40. The fourth-order valence-electron chi connectivity index (χ4n) is 2.51. The first kappa shape index (κ1) is 12.6. The van der Waals surface area contributed by atoms with Crippen molar-refractivity contribution >= 4 is 5.91 Å². The van der Waals surface area contributed by atoms with Crippen LogP contribution in [0.4, 0.5) is 0 Å². The third-order valence-corrected chi connectivity index (χ3v) is 3.50. The molecule has 1 heterocycles. The van der Waals surface area contributed by atoms with Gasteiger partial charge in [0.25, 0.3) is 0 Å². The molecule has 2 aliphatic rings. The van der Waals surface area contributed by atoms with Gasteiger partial charge in [0.15, 0.2) is 0 Å². The molecular formula is C13H22N2O2. The van der Waals surface area contributed by atoms with Crippen LogP contribution in [0, 0.1) is 5.92 Å². The van der Waals surface area contributed by atoms with Crippen molar-refractivity contribution in [3.05, 3.63) is 12.2 Å². The maximum Gasteiger partial charge on any atom is 0.227 e. The van der Waals surface area contributed by atoms with E-state index in [0.29, 0.717) is 19.3 Å². The Labute approximate surface area is 103 Å². The van der Waals surface area contributed by atoms with Gasteiger partial charge in [0, 0.05) is 12.1 Å². The Hall–Kier alpha value is -0.870. The van der Waals surface area contributed by atoms with Crippen molar-refractivity contribution in [2.75, 3.05) is 19.8 Å². The van der Waals surface area contributed by atoms with Crippen LogP contribution in [0.2, 0.25) is 0 Å². The molecule has 0 aromatic rings. The summed E-state index contributed by atoms with van der Waals surface area (Å²) in [5, 5.41) is 6.45. The van der Waals surface area contributed by atoms with Crippen molar-refractivity contribution in [1.82, 2.24) is 10.6 Å². The fraction of sp³-hybridized carbons (Fsp3) is 0.769. The van der Waals surface area contributed by atoms with E-state index in [1.54, 1.807) is 0 Å². The van der Waals surface area contributed by atoms with Crippen LogP contribution in [0.15, 0.2) is 12.2 Å². The smallest absolute Gasteiger partial charge is 0.227 e. The van der Waals surface area contributed by atoms with Gasteiger partial charge in [0.2, 0.25) is 5.91 Å². The second-order valence-electron chi connectivity index (χ2n) is 4.80. The highest BCUT2D eigenvalue weighted by atomic mass is 16.5.